The maximum atomic E-state index is 6.92. The van der Waals surface area contributed by atoms with Crippen LogP contribution in [-0.2, 0) is 6.54 Å². The minimum absolute atomic E-state index is 0.0331. The van der Waals surface area contributed by atoms with E-state index < -0.39 is 0 Å². The van der Waals surface area contributed by atoms with Crippen LogP contribution < -0.4 is 15.1 Å². The Morgan fingerprint density at radius 3 is 2.56 bits per heavy atom. The fraction of sp³-hybridized carbons (Fsp3) is 0.407. The van der Waals surface area contributed by atoms with E-state index in [2.05, 4.69) is 88.0 Å². The molecule has 1 N–H and O–H groups in total. The van der Waals surface area contributed by atoms with Crippen molar-refractivity contribution in [2.45, 2.75) is 45.8 Å². The van der Waals surface area contributed by atoms with Crippen LogP contribution in [0.15, 0.2) is 60.9 Å². The fourth-order valence-electron chi connectivity index (χ4n) is 5.68. The van der Waals surface area contributed by atoms with E-state index in [1.165, 1.54) is 12.1 Å². The van der Waals surface area contributed by atoms with E-state index in [-0.39, 0.29) is 12.1 Å². The molecule has 2 aliphatic rings. The van der Waals surface area contributed by atoms with E-state index in [0.717, 1.165) is 41.7 Å². The first-order valence-corrected chi connectivity index (χ1v) is 12.9. The van der Waals surface area contributed by atoms with Gasteiger partial charge >= 0.3 is 0 Å². The van der Waals surface area contributed by atoms with E-state index >= 15 is 0 Å². The molecule has 0 bridgehead atoms. The van der Waals surface area contributed by atoms with Crippen LogP contribution in [-0.4, -0.2) is 27.8 Å². The van der Waals surface area contributed by atoms with E-state index in [1.54, 1.807) is 0 Å². The van der Waals surface area contributed by atoms with Gasteiger partial charge in [0.25, 0.3) is 0 Å². The molecule has 3 aromatic rings. The van der Waals surface area contributed by atoms with Crippen molar-refractivity contribution in [3.63, 3.8) is 0 Å². The molecule has 4 heterocycles. The summed E-state index contributed by atoms with van der Waals surface area (Å²) in [7, 11) is 0. The van der Waals surface area contributed by atoms with Crippen LogP contribution in [0.1, 0.15) is 50.7 Å². The van der Waals surface area contributed by atoms with E-state index in [1.807, 2.05) is 18.3 Å². The molecule has 7 heteroatoms. The van der Waals surface area contributed by atoms with Crippen LogP contribution in [0.5, 0.6) is 0 Å². The predicted octanol–water partition coefficient (Wildman–Crippen LogP) is 6.22. The lowest BCUT2D eigenvalue weighted by Crippen LogP contribution is -2.38. The number of anilines is 2. The summed E-state index contributed by atoms with van der Waals surface area (Å²) in [4.78, 5) is 9.29. The van der Waals surface area contributed by atoms with Gasteiger partial charge < -0.3 is 19.7 Å². The van der Waals surface area contributed by atoms with Gasteiger partial charge in [-0.05, 0) is 79.9 Å². The Labute approximate surface area is 212 Å². The Morgan fingerprint density at radius 1 is 1.09 bits per heavy atom. The summed E-state index contributed by atoms with van der Waals surface area (Å²) in [5, 5.41) is 5.00. The Morgan fingerprint density at radius 2 is 1.88 bits per heavy atom. The number of thiocarbonyl (C=S) groups is 1. The SMILES string of the molecule is CCn1cccc1[C@H]1[C@@H](c2ccccn2)NC(=S)N1c1ccc(N2C[C@H](C)C[C@H](C)C2)c(Cl)c1. The summed E-state index contributed by atoms with van der Waals surface area (Å²) < 4.78 is 2.27. The standard InChI is InChI=1S/C27H32ClN5S/c1-4-31-13-7-9-24(31)26-25(22-8-5-6-12-29-22)30-27(34)33(26)20-10-11-23(21(28)15-20)32-16-18(2)14-19(3)17-32/h5-13,15,18-19,25-26H,4,14,16-17H2,1-3H3,(H,30,34)/t18-,19+,25-,26+/m1/s1. The smallest absolute Gasteiger partial charge is 0.174 e. The lowest BCUT2D eigenvalue weighted by Gasteiger charge is -2.37. The molecule has 5 nitrogen and oxygen atoms in total. The van der Waals surface area contributed by atoms with Gasteiger partial charge in [0.15, 0.2) is 5.11 Å². The average molecular weight is 494 g/mol. The van der Waals surface area contributed by atoms with Crippen molar-refractivity contribution in [3.05, 3.63) is 77.3 Å². The van der Waals surface area contributed by atoms with Crippen LogP contribution in [0.4, 0.5) is 11.4 Å². The number of pyridine rings is 1. The van der Waals surface area contributed by atoms with Crippen molar-refractivity contribution in [1.29, 1.82) is 0 Å². The maximum absolute atomic E-state index is 6.92. The third-order valence-corrected chi connectivity index (χ3v) is 7.64. The molecule has 1 aromatic carbocycles. The molecule has 2 aliphatic heterocycles. The van der Waals surface area contributed by atoms with Crippen LogP contribution in [0.25, 0.3) is 0 Å². The molecule has 2 aromatic heterocycles. The number of piperidine rings is 1. The Kier molecular flexibility index (Phi) is 6.54. The predicted molar refractivity (Wildman–Crippen MR) is 145 cm³/mol. The highest BCUT2D eigenvalue weighted by Crippen LogP contribution is 2.43. The summed E-state index contributed by atoms with van der Waals surface area (Å²) in [6.07, 6.45) is 5.23. The highest BCUT2D eigenvalue weighted by molar-refractivity contribution is 7.80. The van der Waals surface area contributed by atoms with Gasteiger partial charge in [0.05, 0.1) is 22.4 Å². The molecule has 0 amide bonds. The van der Waals surface area contributed by atoms with Crippen molar-refractivity contribution in [1.82, 2.24) is 14.9 Å². The second-order valence-electron chi connectivity index (χ2n) is 9.70. The first-order chi connectivity index (χ1) is 16.5. The minimum Gasteiger partial charge on any atom is -0.370 e. The first-order valence-electron chi connectivity index (χ1n) is 12.2. The Balaban J connectivity index is 1.53. The number of hydrogen-bond donors (Lipinski definition) is 1. The third-order valence-electron chi connectivity index (χ3n) is 7.03. The van der Waals surface area contributed by atoms with Gasteiger partial charge in [-0.25, -0.2) is 0 Å². The Hall–Kier alpha value is -2.57. The molecule has 2 fully saturated rings. The second-order valence-corrected chi connectivity index (χ2v) is 10.5. The largest absolute Gasteiger partial charge is 0.370 e. The number of nitrogens with one attached hydrogen (secondary N) is 1. The van der Waals surface area contributed by atoms with Crippen LogP contribution in [0.3, 0.4) is 0 Å². The molecule has 0 saturated carbocycles. The highest BCUT2D eigenvalue weighted by Gasteiger charge is 2.42. The quantitative estimate of drug-likeness (QED) is 0.427. The zero-order valence-corrected chi connectivity index (χ0v) is 21.6. The van der Waals surface area contributed by atoms with Crippen molar-refractivity contribution >= 4 is 40.3 Å². The molecule has 0 radical (unpaired) electrons. The summed E-state index contributed by atoms with van der Waals surface area (Å²) in [5.41, 5.74) is 4.28. The van der Waals surface area contributed by atoms with Crippen molar-refractivity contribution in [3.8, 4) is 0 Å². The van der Waals surface area contributed by atoms with Gasteiger partial charge in [0.1, 0.15) is 6.04 Å². The molecule has 4 atom stereocenters. The molecule has 0 aliphatic carbocycles. The van der Waals surface area contributed by atoms with Crippen molar-refractivity contribution in [2.75, 3.05) is 22.9 Å². The van der Waals surface area contributed by atoms with E-state index in [0.29, 0.717) is 16.9 Å². The van der Waals surface area contributed by atoms with Crippen LogP contribution in [0, 0.1) is 11.8 Å². The monoisotopic (exact) mass is 493 g/mol. The summed E-state index contributed by atoms with van der Waals surface area (Å²) in [5.74, 6) is 1.33. The topological polar surface area (TPSA) is 36.3 Å². The lowest BCUT2D eigenvalue weighted by atomic mass is 9.91. The molecular formula is C27H32ClN5S. The van der Waals surface area contributed by atoms with Gasteiger partial charge in [0.2, 0.25) is 0 Å². The number of aromatic nitrogens is 2. The zero-order valence-electron chi connectivity index (χ0n) is 20.0. The fourth-order valence-corrected chi connectivity index (χ4v) is 6.32. The van der Waals surface area contributed by atoms with Crippen LogP contribution in [0.2, 0.25) is 5.02 Å². The molecule has 0 unspecified atom stereocenters. The number of benzene rings is 1. The van der Waals surface area contributed by atoms with Gasteiger partial charge in [-0.1, -0.05) is 31.5 Å². The highest BCUT2D eigenvalue weighted by atomic mass is 35.5. The summed E-state index contributed by atoms with van der Waals surface area (Å²) in [6, 6.07) is 16.6. The van der Waals surface area contributed by atoms with Crippen molar-refractivity contribution in [2.24, 2.45) is 11.8 Å². The van der Waals surface area contributed by atoms with Gasteiger partial charge in [-0.15, -0.1) is 0 Å². The zero-order chi connectivity index (χ0) is 23.8. The normalized spacial score (nSPS) is 25.0. The van der Waals surface area contributed by atoms with Gasteiger partial charge in [0, 0.05) is 43.4 Å². The maximum Gasteiger partial charge on any atom is 0.174 e. The van der Waals surface area contributed by atoms with E-state index in [9.17, 15) is 0 Å². The molecule has 0 spiro atoms. The average Bonchev–Trinajstić information content (AvgIpc) is 3.42. The number of halogens is 1. The number of hydrogen-bond acceptors (Lipinski definition) is 3. The molecule has 178 valence electrons. The van der Waals surface area contributed by atoms with E-state index in [4.69, 9.17) is 23.8 Å². The van der Waals surface area contributed by atoms with Crippen molar-refractivity contribution < 1.29 is 0 Å². The van der Waals surface area contributed by atoms with Crippen LogP contribution >= 0.6 is 23.8 Å². The molecule has 34 heavy (non-hydrogen) atoms. The molecule has 2 saturated heterocycles. The minimum atomic E-state index is -0.0591. The number of aryl methyl sites for hydroxylation is 1. The Bertz CT molecular complexity index is 1150. The van der Waals surface area contributed by atoms with Gasteiger partial charge in [-0.2, -0.15) is 0 Å². The molecule has 5 rings (SSSR count). The van der Waals surface area contributed by atoms with Gasteiger partial charge in [-0.3, -0.25) is 4.98 Å². The lowest BCUT2D eigenvalue weighted by molar-refractivity contribution is 0.357. The first kappa shape index (κ1) is 23.2. The molecular weight excluding hydrogens is 462 g/mol. The number of rotatable bonds is 5. The summed E-state index contributed by atoms with van der Waals surface area (Å²) >= 11 is 12.8. The third kappa shape index (κ3) is 4.29. The number of nitrogens with zero attached hydrogens (tertiary/aromatic N) is 4. The summed E-state index contributed by atoms with van der Waals surface area (Å²) in [6.45, 7) is 9.79. The second kappa shape index (κ2) is 9.59.